The highest BCUT2D eigenvalue weighted by molar-refractivity contribution is 7.89. The van der Waals surface area contributed by atoms with Crippen LogP contribution in [0.3, 0.4) is 0 Å². The van der Waals surface area contributed by atoms with E-state index in [2.05, 4.69) is 20.0 Å². The van der Waals surface area contributed by atoms with E-state index in [0.29, 0.717) is 23.8 Å². The Hall–Kier alpha value is -1.99. The molecular weight excluding hydrogens is 312 g/mol. The summed E-state index contributed by atoms with van der Waals surface area (Å²) in [4.78, 5) is 8.56. The van der Waals surface area contributed by atoms with Crippen LogP contribution in [-0.2, 0) is 16.6 Å². The van der Waals surface area contributed by atoms with E-state index >= 15 is 0 Å². The van der Waals surface area contributed by atoms with Crippen molar-refractivity contribution in [1.29, 1.82) is 0 Å². The number of aryl methyl sites for hydroxylation is 1. The van der Waals surface area contributed by atoms with E-state index in [1.807, 2.05) is 26.8 Å². The lowest BCUT2D eigenvalue weighted by atomic mass is 10.1. The first-order valence-corrected chi connectivity index (χ1v) is 8.81. The van der Waals surface area contributed by atoms with Crippen LogP contribution in [0.2, 0.25) is 0 Å². The molecule has 1 heterocycles. The van der Waals surface area contributed by atoms with Gasteiger partial charge in [-0.25, -0.2) is 23.1 Å². The summed E-state index contributed by atoms with van der Waals surface area (Å²) in [5.41, 5.74) is 0.142. The summed E-state index contributed by atoms with van der Waals surface area (Å²) in [7, 11) is -3.58. The van der Waals surface area contributed by atoms with Gasteiger partial charge in [-0.15, -0.1) is 0 Å². The number of rotatable bonds is 5. The number of nitrogens with zero attached hydrogens (tertiary/aromatic N) is 2. The van der Waals surface area contributed by atoms with Crippen LogP contribution in [0, 0.1) is 6.92 Å². The molecule has 0 aliphatic rings. The Morgan fingerprint density at radius 2 is 1.83 bits per heavy atom. The van der Waals surface area contributed by atoms with Gasteiger partial charge in [0.15, 0.2) is 0 Å². The van der Waals surface area contributed by atoms with Crippen LogP contribution in [0.5, 0.6) is 0 Å². The molecule has 0 aliphatic carbocycles. The molecule has 0 saturated carbocycles. The van der Waals surface area contributed by atoms with E-state index in [1.165, 1.54) is 0 Å². The number of hydrogen-bond acceptors (Lipinski definition) is 5. The highest BCUT2D eigenvalue weighted by Crippen LogP contribution is 2.18. The van der Waals surface area contributed by atoms with Gasteiger partial charge < -0.3 is 5.32 Å². The molecule has 0 radical (unpaired) electrons. The summed E-state index contributed by atoms with van der Waals surface area (Å²) >= 11 is 0. The largest absolute Gasteiger partial charge is 0.366 e. The van der Waals surface area contributed by atoms with Gasteiger partial charge in [-0.3, -0.25) is 0 Å². The molecule has 124 valence electrons. The van der Waals surface area contributed by atoms with Crippen LogP contribution in [0.4, 0.5) is 5.82 Å². The normalized spacial score (nSPS) is 12.2. The van der Waals surface area contributed by atoms with Crippen molar-refractivity contribution in [1.82, 2.24) is 14.7 Å². The third-order valence-electron chi connectivity index (χ3n) is 2.94. The summed E-state index contributed by atoms with van der Waals surface area (Å²) in [6.45, 7) is 7.60. The fourth-order valence-corrected chi connectivity index (χ4v) is 3.77. The molecule has 0 saturated heterocycles. The van der Waals surface area contributed by atoms with Gasteiger partial charge >= 0.3 is 0 Å². The van der Waals surface area contributed by atoms with Crippen molar-refractivity contribution >= 4 is 15.8 Å². The molecular formula is C16H22N4O2S. The Morgan fingerprint density at radius 1 is 1.13 bits per heavy atom. The van der Waals surface area contributed by atoms with Crippen molar-refractivity contribution in [3.05, 3.63) is 47.9 Å². The van der Waals surface area contributed by atoms with Gasteiger partial charge in [0, 0.05) is 18.3 Å². The Kier molecular flexibility index (Phi) is 5.01. The van der Waals surface area contributed by atoms with Crippen molar-refractivity contribution in [2.45, 2.75) is 44.7 Å². The van der Waals surface area contributed by atoms with Crippen molar-refractivity contribution in [2.75, 3.05) is 5.32 Å². The molecule has 0 amide bonds. The number of aromatic nitrogens is 2. The van der Waals surface area contributed by atoms with Crippen LogP contribution >= 0.6 is 0 Å². The SMILES string of the molecule is Cc1nccc(NCc2ccccc2S(=O)(=O)NC(C)(C)C)n1. The first-order chi connectivity index (χ1) is 10.7. The van der Waals surface area contributed by atoms with Gasteiger partial charge in [0.25, 0.3) is 0 Å². The number of sulfonamides is 1. The van der Waals surface area contributed by atoms with Gasteiger partial charge in [-0.2, -0.15) is 0 Å². The zero-order valence-corrected chi connectivity index (χ0v) is 14.6. The molecule has 2 N–H and O–H groups in total. The smallest absolute Gasteiger partial charge is 0.241 e. The molecule has 0 aliphatic heterocycles. The van der Waals surface area contributed by atoms with Gasteiger partial charge in [-0.05, 0) is 45.4 Å². The second-order valence-corrected chi connectivity index (χ2v) is 7.96. The van der Waals surface area contributed by atoms with Crippen LogP contribution < -0.4 is 10.0 Å². The van der Waals surface area contributed by atoms with Gasteiger partial charge in [-0.1, -0.05) is 18.2 Å². The third-order valence-corrected chi connectivity index (χ3v) is 4.80. The van der Waals surface area contributed by atoms with E-state index in [0.717, 1.165) is 0 Å². The lowest BCUT2D eigenvalue weighted by Crippen LogP contribution is -2.40. The number of nitrogens with one attached hydrogen (secondary N) is 2. The van der Waals surface area contributed by atoms with E-state index in [-0.39, 0.29) is 4.90 Å². The van der Waals surface area contributed by atoms with Crippen LogP contribution in [0.15, 0.2) is 41.4 Å². The topological polar surface area (TPSA) is 84.0 Å². The van der Waals surface area contributed by atoms with Crippen molar-refractivity contribution in [3.63, 3.8) is 0 Å². The van der Waals surface area contributed by atoms with Gasteiger partial charge in [0.2, 0.25) is 10.0 Å². The average molecular weight is 334 g/mol. The maximum Gasteiger partial charge on any atom is 0.241 e. The number of benzene rings is 1. The number of hydrogen-bond donors (Lipinski definition) is 2. The summed E-state index contributed by atoms with van der Waals surface area (Å²) in [5, 5.41) is 3.13. The van der Waals surface area contributed by atoms with Gasteiger partial charge in [0.1, 0.15) is 11.6 Å². The molecule has 23 heavy (non-hydrogen) atoms. The summed E-state index contributed by atoms with van der Waals surface area (Å²) < 4.78 is 27.8. The molecule has 0 spiro atoms. The molecule has 7 heteroatoms. The lowest BCUT2D eigenvalue weighted by molar-refractivity contribution is 0.491. The Morgan fingerprint density at radius 3 is 2.48 bits per heavy atom. The van der Waals surface area contributed by atoms with Crippen molar-refractivity contribution in [2.24, 2.45) is 0 Å². The molecule has 1 aromatic carbocycles. The molecule has 6 nitrogen and oxygen atoms in total. The highest BCUT2D eigenvalue weighted by atomic mass is 32.2. The van der Waals surface area contributed by atoms with Crippen LogP contribution in [0.1, 0.15) is 32.2 Å². The van der Waals surface area contributed by atoms with E-state index < -0.39 is 15.6 Å². The summed E-state index contributed by atoms with van der Waals surface area (Å²) in [6.07, 6.45) is 1.66. The molecule has 0 bridgehead atoms. The zero-order valence-electron chi connectivity index (χ0n) is 13.8. The Balaban J connectivity index is 2.24. The summed E-state index contributed by atoms with van der Waals surface area (Å²) in [5.74, 6) is 1.32. The van der Waals surface area contributed by atoms with E-state index in [1.54, 1.807) is 37.4 Å². The standard InChI is InChI=1S/C16H22N4O2S/c1-12-17-10-9-15(19-12)18-11-13-7-5-6-8-14(13)23(21,22)20-16(2,3)4/h5-10,20H,11H2,1-4H3,(H,17,18,19). The van der Waals surface area contributed by atoms with Crippen molar-refractivity contribution in [3.8, 4) is 0 Å². The molecule has 2 aromatic rings. The van der Waals surface area contributed by atoms with E-state index in [9.17, 15) is 8.42 Å². The molecule has 0 fully saturated rings. The second-order valence-electron chi connectivity index (χ2n) is 6.31. The first kappa shape index (κ1) is 17.4. The zero-order chi connectivity index (χ0) is 17.1. The summed E-state index contributed by atoms with van der Waals surface area (Å²) in [6, 6.07) is 8.68. The van der Waals surface area contributed by atoms with Crippen LogP contribution in [-0.4, -0.2) is 23.9 Å². The monoisotopic (exact) mass is 334 g/mol. The minimum absolute atomic E-state index is 0.271. The lowest BCUT2D eigenvalue weighted by Gasteiger charge is -2.21. The number of anilines is 1. The fraction of sp³-hybridized carbons (Fsp3) is 0.375. The molecule has 0 unspecified atom stereocenters. The minimum Gasteiger partial charge on any atom is -0.366 e. The molecule has 2 rings (SSSR count). The molecule has 1 aromatic heterocycles. The minimum atomic E-state index is -3.58. The average Bonchev–Trinajstić information content (AvgIpc) is 2.43. The van der Waals surface area contributed by atoms with Crippen molar-refractivity contribution < 1.29 is 8.42 Å². The quantitative estimate of drug-likeness (QED) is 0.877. The Bertz CT molecular complexity index is 783. The van der Waals surface area contributed by atoms with Crippen LogP contribution in [0.25, 0.3) is 0 Å². The predicted molar refractivity (Wildman–Crippen MR) is 90.6 cm³/mol. The first-order valence-electron chi connectivity index (χ1n) is 7.33. The fourth-order valence-electron chi connectivity index (χ4n) is 2.11. The maximum atomic E-state index is 12.6. The predicted octanol–water partition coefficient (Wildman–Crippen LogP) is 2.47. The maximum absolute atomic E-state index is 12.6. The third kappa shape index (κ3) is 5.01. The Labute approximate surface area is 137 Å². The molecule has 0 atom stereocenters. The van der Waals surface area contributed by atoms with E-state index in [4.69, 9.17) is 0 Å². The second kappa shape index (κ2) is 6.64. The van der Waals surface area contributed by atoms with Gasteiger partial charge in [0.05, 0.1) is 4.90 Å². The highest BCUT2D eigenvalue weighted by Gasteiger charge is 2.24.